The average molecular weight is 480 g/mol. The van der Waals surface area contributed by atoms with Gasteiger partial charge in [0.15, 0.2) is 0 Å². The average Bonchev–Trinajstić information content (AvgIpc) is 3.37. The van der Waals surface area contributed by atoms with Gasteiger partial charge in [-0.25, -0.2) is 0 Å². The Hall–Kier alpha value is -2.79. The van der Waals surface area contributed by atoms with Crippen molar-refractivity contribution >= 4 is 23.6 Å². The summed E-state index contributed by atoms with van der Waals surface area (Å²) in [5, 5.41) is 19.4. The Labute approximate surface area is 208 Å². The first-order valence-corrected chi connectivity index (χ1v) is 11.9. The van der Waals surface area contributed by atoms with Gasteiger partial charge in [-0.2, -0.15) is 0 Å². The number of phenolic OH excluding ortho intramolecular Hbond substituents is 1. The van der Waals surface area contributed by atoms with Gasteiger partial charge in [0.2, 0.25) is 0 Å². The Bertz CT molecular complexity index is 1030. The standard InChI is InChI=1S/C29H33NO3.ClH/c31-21-6-9-28(23-7-2-1-3-8-23)29(24-10-14-26(32)15-11-24)25-12-16-27(17-13-25)33-22-20-30-18-4-5-19-30;/h1-3,7-8,10-17,31-32H,4-6,9,18-22H2;1H/b29-28-;. The predicted molar refractivity (Wildman–Crippen MR) is 142 cm³/mol. The molecule has 0 aromatic heterocycles. The molecule has 0 unspecified atom stereocenters. The first-order chi connectivity index (χ1) is 16.2. The first-order valence-electron chi connectivity index (χ1n) is 11.9. The van der Waals surface area contributed by atoms with Crippen LogP contribution in [0.4, 0.5) is 0 Å². The quantitative estimate of drug-likeness (QED) is 0.349. The molecule has 1 saturated heterocycles. The van der Waals surface area contributed by atoms with Gasteiger partial charge < -0.3 is 14.9 Å². The van der Waals surface area contributed by atoms with Crippen molar-refractivity contribution in [1.29, 1.82) is 0 Å². The number of allylic oxidation sites excluding steroid dienone is 1. The van der Waals surface area contributed by atoms with Crippen molar-refractivity contribution in [1.82, 2.24) is 4.90 Å². The number of likely N-dealkylation sites (tertiary alicyclic amines) is 1. The molecule has 0 atom stereocenters. The Morgan fingerprint density at radius 3 is 2.03 bits per heavy atom. The van der Waals surface area contributed by atoms with E-state index in [2.05, 4.69) is 29.2 Å². The molecule has 3 aromatic carbocycles. The molecule has 2 N–H and O–H groups in total. The molecule has 1 aliphatic heterocycles. The molecule has 0 radical (unpaired) electrons. The second kappa shape index (κ2) is 13.2. The molecule has 1 aliphatic rings. The van der Waals surface area contributed by atoms with Crippen LogP contribution in [0.5, 0.6) is 11.5 Å². The summed E-state index contributed by atoms with van der Waals surface area (Å²) in [5.74, 6) is 1.12. The maximum absolute atomic E-state index is 9.83. The number of hydrogen-bond donors (Lipinski definition) is 2. The molecular weight excluding hydrogens is 446 g/mol. The summed E-state index contributed by atoms with van der Waals surface area (Å²) < 4.78 is 6.01. The van der Waals surface area contributed by atoms with E-state index in [-0.39, 0.29) is 24.8 Å². The van der Waals surface area contributed by atoms with E-state index >= 15 is 0 Å². The largest absolute Gasteiger partial charge is 0.508 e. The molecule has 0 amide bonds. The lowest BCUT2D eigenvalue weighted by Gasteiger charge is -2.18. The third-order valence-electron chi connectivity index (χ3n) is 6.18. The van der Waals surface area contributed by atoms with E-state index in [1.165, 1.54) is 31.5 Å². The highest BCUT2D eigenvalue weighted by molar-refractivity contribution is 5.98. The molecule has 1 fully saturated rings. The fourth-order valence-electron chi connectivity index (χ4n) is 4.47. The molecule has 4 rings (SSSR count). The number of hydrogen-bond acceptors (Lipinski definition) is 4. The van der Waals surface area contributed by atoms with Crippen LogP contribution < -0.4 is 4.74 Å². The molecule has 0 saturated carbocycles. The Morgan fingerprint density at radius 1 is 0.794 bits per heavy atom. The van der Waals surface area contributed by atoms with Gasteiger partial charge in [0.1, 0.15) is 18.1 Å². The van der Waals surface area contributed by atoms with E-state index in [1.54, 1.807) is 12.1 Å². The van der Waals surface area contributed by atoms with Gasteiger partial charge in [-0.3, -0.25) is 4.90 Å². The highest BCUT2D eigenvalue weighted by Crippen LogP contribution is 2.36. The fraction of sp³-hybridized carbons (Fsp3) is 0.310. The van der Waals surface area contributed by atoms with Crippen LogP contribution in [0, 0.1) is 0 Å². The van der Waals surface area contributed by atoms with Gasteiger partial charge in [-0.05, 0) is 90.9 Å². The number of ether oxygens (including phenoxy) is 1. The minimum atomic E-state index is 0. The molecule has 5 heteroatoms. The van der Waals surface area contributed by atoms with Crippen LogP contribution in [0.1, 0.15) is 42.4 Å². The van der Waals surface area contributed by atoms with Crippen molar-refractivity contribution < 1.29 is 14.9 Å². The normalized spacial score (nSPS) is 14.4. The van der Waals surface area contributed by atoms with Crippen LogP contribution in [0.3, 0.4) is 0 Å². The minimum absolute atomic E-state index is 0. The van der Waals surface area contributed by atoms with Crippen LogP contribution in [0.2, 0.25) is 0 Å². The SMILES string of the molecule is Cl.OCCC/C(=C(\c1ccc(O)cc1)c1ccc(OCCN2CCCC2)cc1)c1ccccc1. The van der Waals surface area contributed by atoms with E-state index in [0.29, 0.717) is 13.0 Å². The number of rotatable bonds is 10. The second-order valence-corrected chi connectivity index (χ2v) is 8.52. The number of nitrogens with zero attached hydrogens (tertiary/aromatic N) is 1. The van der Waals surface area contributed by atoms with E-state index in [0.717, 1.165) is 41.0 Å². The lowest BCUT2D eigenvalue weighted by Crippen LogP contribution is -2.25. The third kappa shape index (κ3) is 6.86. The number of aromatic hydroxyl groups is 1. The third-order valence-corrected chi connectivity index (χ3v) is 6.18. The molecule has 34 heavy (non-hydrogen) atoms. The van der Waals surface area contributed by atoms with Crippen molar-refractivity contribution in [2.75, 3.05) is 32.8 Å². The molecule has 3 aromatic rings. The van der Waals surface area contributed by atoms with Crippen LogP contribution in [0.25, 0.3) is 11.1 Å². The first kappa shape index (κ1) is 25.8. The summed E-state index contributed by atoms with van der Waals surface area (Å²) in [6.07, 6.45) is 4.02. The maximum atomic E-state index is 9.83. The van der Waals surface area contributed by atoms with Crippen LogP contribution >= 0.6 is 12.4 Å². The van der Waals surface area contributed by atoms with E-state index in [9.17, 15) is 10.2 Å². The highest BCUT2D eigenvalue weighted by atomic mass is 35.5. The summed E-state index contributed by atoms with van der Waals surface area (Å²) in [7, 11) is 0. The van der Waals surface area contributed by atoms with E-state index in [1.807, 2.05) is 42.5 Å². The smallest absolute Gasteiger partial charge is 0.119 e. The summed E-state index contributed by atoms with van der Waals surface area (Å²) in [4.78, 5) is 2.45. The number of aliphatic hydroxyl groups excluding tert-OH is 1. The van der Waals surface area contributed by atoms with Gasteiger partial charge >= 0.3 is 0 Å². The molecule has 0 spiro atoms. The monoisotopic (exact) mass is 479 g/mol. The number of phenols is 1. The summed E-state index contributed by atoms with van der Waals surface area (Å²) in [6, 6.07) is 26.0. The van der Waals surface area contributed by atoms with Gasteiger partial charge in [0, 0.05) is 13.2 Å². The molecule has 1 heterocycles. The maximum Gasteiger partial charge on any atom is 0.119 e. The van der Waals surface area contributed by atoms with Crippen LogP contribution in [-0.4, -0.2) is 48.0 Å². The zero-order valence-electron chi connectivity index (χ0n) is 19.5. The summed E-state index contributed by atoms with van der Waals surface area (Å²) >= 11 is 0. The zero-order chi connectivity index (χ0) is 22.9. The van der Waals surface area contributed by atoms with Gasteiger partial charge in [-0.1, -0.05) is 54.6 Å². The predicted octanol–water partition coefficient (Wildman–Crippen LogP) is 6.02. The van der Waals surface area contributed by atoms with Crippen LogP contribution in [0.15, 0.2) is 78.9 Å². The Morgan fingerprint density at radius 2 is 1.41 bits per heavy atom. The van der Waals surface area contributed by atoms with E-state index in [4.69, 9.17) is 4.74 Å². The molecular formula is C29H34ClNO3. The topological polar surface area (TPSA) is 52.9 Å². The molecule has 0 bridgehead atoms. The Kier molecular flexibility index (Phi) is 10.0. The van der Waals surface area contributed by atoms with Gasteiger partial charge in [-0.15, -0.1) is 12.4 Å². The van der Waals surface area contributed by atoms with Crippen LogP contribution in [-0.2, 0) is 0 Å². The molecule has 4 nitrogen and oxygen atoms in total. The van der Waals surface area contributed by atoms with Gasteiger partial charge in [0.25, 0.3) is 0 Å². The summed E-state index contributed by atoms with van der Waals surface area (Å²) in [6.45, 7) is 4.17. The van der Waals surface area contributed by atoms with Crippen molar-refractivity contribution in [3.63, 3.8) is 0 Å². The van der Waals surface area contributed by atoms with E-state index < -0.39 is 0 Å². The van der Waals surface area contributed by atoms with Crippen molar-refractivity contribution in [3.8, 4) is 11.5 Å². The number of aliphatic hydroxyl groups is 1. The molecule has 180 valence electrons. The highest BCUT2D eigenvalue weighted by Gasteiger charge is 2.15. The lowest BCUT2D eigenvalue weighted by molar-refractivity contribution is 0.238. The van der Waals surface area contributed by atoms with Crippen molar-refractivity contribution in [3.05, 3.63) is 95.6 Å². The number of halogens is 1. The number of benzene rings is 3. The zero-order valence-corrected chi connectivity index (χ0v) is 20.3. The summed E-state index contributed by atoms with van der Waals surface area (Å²) in [5.41, 5.74) is 5.55. The molecule has 0 aliphatic carbocycles. The minimum Gasteiger partial charge on any atom is -0.508 e. The second-order valence-electron chi connectivity index (χ2n) is 8.52. The fourth-order valence-corrected chi connectivity index (χ4v) is 4.47. The van der Waals surface area contributed by atoms with Crippen molar-refractivity contribution in [2.24, 2.45) is 0 Å². The Balaban J connectivity index is 0.00000324. The van der Waals surface area contributed by atoms with Crippen molar-refractivity contribution in [2.45, 2.75) is 25.7 Å². The lowest BCUT2D eigenvalue weighted by atomic mass is 9.87. The van der Waals surface area contributed by atoms with Gasteiger partial charge in [0.05, 0.1) is 0 Å².